The van der Waals surface area contributed by atoms with Crippen LogP contribution in [0.3, 0.4) is 0 Å². The molecule has 1 aromatic rings. The van der Waals surface area contributed by atoms with Crippen molar-refractivity contribution < 1.29 is 4.74 Å². The van der Waals surface area contributed by atoms with Crippen LogP contribution in [-0.4, -0.2) is 27.9 Å². The van der Waals surface area contributed by atoms with Gasteiger partial charge >= 0.3 is 0 Å². The molecule has 1 fully saturated rings. The minimum atomic E-state index is 0.210. The van der Waals surface area contributed by atoms with Crippen molar-refractivity contribution in [1.82, 2.24) is 8.75 Å². The fraction of sp³-hybridized carbons (Fsp3) is 0.833. The maximum absolute atomic E-state index is 5.81. The van der Waals surface area contributed by atoms with Crippen LogP contribution in [0.4, 0.5) is 5.82 Å². The van der Waals surface area contributed by atoms with E-state index in [0.29, 0.717) is 0 Å². The molecule has 2 rings (SSSR count). The topological polar surface area (TPSA) is 38.3 Å². The van der Waals surface area contributed by atoms with Gasteiger partial charge in [0.05, 0.1) is 17.8 Å². The lowest BCUT2D eigenvalue weighted by Crippen LogP contribution is -2.33. The summed E-state index contributed by atoms with van der Waals surface area (Å²) in [5.41, 5.74) is 0. The summed E-state index contributed by atoms with van der Waals surface area (Å²) in [4.78, 5) is 2.31. The molecule has 1 aliphatic heterocycles. The Morgan fingerprint density at radius 3 is 2.76 bits per heavy atom. The van der Waals surface area contributed by atoms with Gasteiger partial charge in [0, 0.05) is 13.1 Å². The summed E-state index contributed by atoms with van der Waals surface area (Å²) in [6.07, 6.45) is 3.68. The Hall–Kier alpha value is -0.840. The van der Waals surface area contributed by atoms with Crippen molar-refractivity contribution in [2.24, 2.45) is 5.92 Å². The second-order valence-corrected chi connectivity index (χ2v) is 5.43. The van der Waals surface area contributed by atoms with Crippen LogP contribution in [0.5, 0.6) is 5.88 Å². The Morgan fingerprint density at radius 1 is 1.41 bits per heavy atom. The number of aromatic nitrogens is 2. The van der Waals surface area contributed by atoms with Gasteiger partial charge in [0.1, 0.15) is 0 Å². The van der Waals surface area contributed by atoms with Crippen LogP contribution in [0.1, 0.15) is 40.0 Å². The zero-order chi connectivity index (χ0) is 12.3. The molecule has 0 aromatic carbocycles. The van der Waals surface area contributed by atoms with Crippen molar-refractivity contribution >= 4 is 17.5 Å². The van der Waals surface area contributed by atoms with Gasteiger partial charge < -0.3 is 9.64 Å². The highest BCUT2D eigenvalue weighted by Crippen LogP contribution is 2.30. The molecule has 4 nitrogen and oxygen atoms in total. The van der Waals surface area contributed by atoms with Crippen molar-refractivity contribution in [2.75, 3.05) is 18.0 Å². The highest BCUT2D eigenvalue weighted by atomic mass is 32.1. The van der Waals surface area contributed by atoms with Gasteiger partial charge in [-0.15, -0.1) is 4.37 Å². The largest absolute Gasteiger partial charge is 0.471 e. The molecule has 0 amide bonds. The predicted molar refractivity (Wildman–Crippen MR) is 70.9 cm³/mol. The van der Waals surface area contributed by atoms with E-state index in [0.717, 1.165) is 37.1 Å². The van der Waals surface area contributed by atoms with Crippen molar-refractivity contribution in [1.29, 1.82) is 0 Å². The molecule has 1 atom stereocenters. The summed E-state index contributed by atoms with van der Waals surface area (Å²) in [6, 6.07) is 0. The van der Waals surface area contributed by atoms with E-state index in [1.165, 1.54) is 24.6 Å². The summed E-state index contributed by atoms with van der Waals surface area (Å²) >= 11 is 1.25. The molecular weight excluding hydrogens is 234 g/mol. The molecule has 0 saturated carbocycles. The average molecular weight is 255 g/mol. The Labute approximate surface area is 107 Å². The molecule has 1 unspecified atom stereocenters. The number of ether oxygens (including phenoxy) is 1. The zero-order valence-corrected chi connectivity index (χ0v) is 11.7. The first-order valence-electron chi connectivity index (χ1n) is 6.44. The Morgan fingerprint density at radius 2 is 2.12 bits per heavy atom. The molecule has 5 heteroatoms. The second-order valence-electron chi connectivity index (χ2n) is 4.90. The summed E-state index contributed by atoms with van der Waals surface area (Å²) in [7, 11) is 0. The minimum Gasteiger partial charge on any atom is -0.471 e. The lowest BCUT2D eigenvalue weighted by Gasteiger charge is -2.30. The SMILES string of the molecule is CCC(C)Oc1nsnc1N1CCC(C)CC1. The number of piperidine rings is 1. The Kier molecular flexibility index (Phi) is 4.20. The molecule has 0 radical (unpaired) electrons. The normalized spacial score (nSPS) is 19.4. The van der Waals surface area contributed by atoms with Crippen molar-refractivity contribution in [3.63, 3.8) is 0 Å². The van der Waals surface area contributed by atoms with Gasteiger partial charge in [-0.1, -0.05) is 13.8 Å². The van der Waals surface area contributed by atoms with Gasteiger partial charge in [0.25, 0.3) is 5.88 Å². The van der Waals surface area contributed by atoms with E-state index in [1.54, 1.807) is 0 Å². The molecule has 96 valence electrons. The maximum atomic E-state index is 5.81. The fourth-order valence-electron chi connectivity index (χ4n) is 1.94. The van der Waals surface area contributed by atoms with Crippen molar-refractivity contribution in [3.05, 3.63) is 0 Å². The number of anilines is 1. The van der Waals surface area contributed by atoms with E-state index >= 15 is 0 Å². The average Bonchev–Trinajstić information content (AvgIpc) is 2.78. The maximum Gasteiger partial charge on any atom is 0.271 e. The summed E-state index contributed by atoms with van der Waals surface area (Å²) in [5, 5.41) is 0. The second kappa shape index (κ2) is 5.67. The fourth-order valence-corrected chi connectivity index (χ4v) is 2.45. The third kappa shape index (κ3) is 3.09. The molecule has 0 aliphatic carbocycles. The number of hydrogen-bond donors (Lipinski definition) is 0. The first-order chi connectivity index (χ1) is 8.20. The van der Waals surface area contributed by atoms with E-state index in [2.05, 4.69) is 34.4 Å². The highest BCUT2D eigenvalue weighted by Gasteiger charge is 2.22. The van der Waals surface area contributed by atoms with Crippen LogP contribution in [0.15, 0.2) is 0 Å². The molecule has 0 N–H and O–H groups in total. The molecule has 2 heterocycles. The van der Waals surface area contributed by atoms with Gasteiger partial charge in [-0.25, -0.2) is 0 Å². The van der Waals surface area contributed by atoms with E-state index in [-0.39, 0.29) is 6.10 Å². The third-order valence-electron chi connectivity index (χ3n) is 3.41. The van der Waals surface area contributed by atoms with Crippen LogP contribution in [-0.2, 0) is 0 Å². The van der Waals surface area contributed by atoms with E-state index in [1.807, 2.05) is 0 Å². The molecule has 1 aliphatic rings. The minimum absolute atomic E-state index is 0.210. The van der Waals surface area contributed by atoms with Crippen molar-refractivity contribution in [2.45, 2.75) is 46.1 Å². The molecule has 0 spiro atoms. The first kappa shape index (κ1) is 12.6. The lowest BCUT2D eigenvalue weighted by molar-refractivity contribution is 0.210. The van der Waals surface area contributed by atoms with Gasteiger partial charge in [-0.2, -0.15) is 4.37 Å². The van der Waals surface area contributed by atoms with Crippen LogP contribution in [0.25, 0.3) is 0 Å². The zero-order valence-electron chi connectivity index (χ0n) is 10.8. The first-order valence-corrected chi connectivity index (χ1v) is 7.18. The van der Waals surface area contributed by atoms with Gasteiger partial charge in [-0.05, 0) is 32.1 Å². The highest BCUT2D eigenvalue weighted by molar-refractivity contribution is 6.99. The number of nitrogens with zero attached hydrogens (tertiary/aromatic N) is 3. The van der Waals surface area contributed by atoms with Gasteiger partial charge in [0.15, 0.2) is 0 Å². The molecule has 1 aromatic heterocycles. The van der Waals surface area contributed by atoms with Crippen LogP contribution >= 0.6 is 11.7 Å². The molecular formula is C12H21N3OS. The summed E-state index contributed by atoms with van der Waals surface area (Å²) < 4.78 is 14.5. The van der Waals surface area contributed by atoms with Crippen LogP contribution < -0.4 is 9.64 Å². The molecule has 1 saturated heterocycles. The summed E-state index contributed by atoms with van der Waals surface area (Å²) in [5.74, 6) is 2.50. The van der Waals surface area contributed by atoms with Crippen LogP contribution in [0.2, 0.25) is 0 Å². The van der Waals surface area contributed by atoms with E-state index < -0.39 is 0 Å². The third-order valence-corrected chi connectivity index (χ3v) is 3.92. The Balaban J connectivity index is 2.03. The lowest BCUT2D eigenvalue weighted by atomic mass is 9.99. The van der Waals surface area contributed by atoms with E-state index in [4.69, 9.17) is 4.74 Å². The molecule has 0 bridgehead atoms. The summed E-state index contributed by atoms with van der Waals surface area (Å²) in [6.45, 7) is 8.65. The number of hydrogen-bond acceptors (Lipinski definition) is 5. The van der Waals surface area contributed by atoms with Gasteiger partial charge in [0.2, 0.25) is 5.82 Å². The monoisotopic (exact) mass is 255 g/mol. The van der Waals surface area contributed by atoms with E-state index in [9.17, 15) is 0 Å². The van der Waals surface area contributed by atoms with Crippen molar-refractivity contribution in [3.8, 4) is 5.88 Å². The van der Waals surface area contributed by atoms with Crippen LogP contribution in [0, 0.1) is 5.92 Å². The quantitative estimate of drug-likeness (QED) is 0.829. The smallest absolute Gasteiger partial charge is 0.271 e. The number of rotatable bonds is 4. The standard InChI is InChI=1S/C12H21N3OS/c1-4-10(3)16-12-11(13-17-14-12)15-7-5-9(2)6-8-15/h9-10H,4-8H2,1-3H3. The Bertz CT molecular complexity index is 347. The predicted octanol–water partition coefficient (Wildman–Crippen LogP) is 2.95. The van der Waals surface area contributed by atoms with Gasteiger partial charge in [-0.3, -0.25) is 0 Å². The molecule has 17 heavy (non-hydrogen) atoms.